The van der Waals surface area contributed by atoms with Crippen LogP contribution in [-0.4, -0.2) is 32.1 Å². The Morgan fingerprint density at radius 1 is 1.42 bits per heavy atom. The van der Waals surface area contributed by atoms with Crippen LogP contribution in [0.1, 0.15) is 12.8 Å². The standard InChI is InChI=1S/C7H11F3O2/c8-7(9,10)2-1-3-11-4-6-5-12-6/h6H,1-5H2. The van der Waals surface area contributed by atoms with Crippen LogP contribution in [0.15, 0.2) is 0 Å². The topological polar surface area (TPSA) is 21.8 Å². The molecule has 0 aromatic heterocycles. The van der Waals surface area contributed by atoms with Gasteiger partial charge in [0.1, 0.15) is 6.10 Å². The minimum absolute atomic E-state index is 0.0379. The SMILES string of the molecule is FC(F)(F)CCCOCC1CO1. The van der Waals surface area contributed by atoms with Crippen molar-refractivity contribution in [3.8, 4) is 0 Å². The largest absolute Gasteiger partial charge is 0.389 e. The first-order valence-electron chi connectivity index (χ1n) is 3.84. The summed E-state index contributed by atoms with van der Waals surface area (Å²) in [6.07, 6.45) is -4.65. The Labute approximate surface area is 68.6 Å². The Morgan fingerprint density at radius 3 is 2.58 bits per heavy atom. The van der Waals surface area contributed by atoms with E-state index in [1.54, 1.807) is 0 Å². The second kappa shape index (κ2) is 4.09. The third kappa shape index (κ3) is 5.37. The molecule has 5 heteroatoms. The van der Waals surface area contributed by atoms with E-state index in [1.165, 1.54) is 0 Å². The molecule has 1 aliphatic heterocycles. The molecule has 1 aliphatic rings. The molecule has 2 nitrogen and oxygen atoms in total. The number of halogens is 3. The molecule has 0 aliphatic carbocycles. The highest BCUT2D eigenvalue weighted by Gasteiger charge is 2.26. The van der Waals surface area contributed by atoms with Crippen LogP contribution >= 0.6 is 0 Å². The van der Waals surface area contributed by atoms with Gasteiger partial charge < -0.3 is 9.47 Å². The van der Waals surface area contributed by atoms with Crippen molar-refractivity contribution in [3.63, 3.8) is 0 Å². The van der Waals surface area contributed by atoms with E-state index < -0.39 is 12.6 Å². The summed E-state index contributed by atoms with van der Waals surface area (Å²) < 4.78 is 44.5. The van der Waals surface area contributed by atoms with E-state index in [1.807, 2.05) is 0 Å². The van der Waals surface area contributed by atoms with Crippen LogP contribution in [0, 0.1) is 0 Å². The highest BCUT2D eigenvalue weighted by Crippen LogP contribution is 2.21. The van der Waals surface area contributed by atoms with Crippen LogP contribution in [0.4, 0.5) is 13.2 Å². The summed E-state index contributed by atoms with van der Waals surface area (Å²) in [4.78, 5) is 0. The lowest BCUT2D eigenvalue weighted by Gasteiger charge is -2.05. The summed E-state index contributed by atoms with van der Waals surface area (Å²) in [5.74, 6) is 0. The molecule has 0 amide bonds. The highest BCUT2D eigenvalue weighted by atomic mass is 19.4. The fraction of sp³-hybridized carbons (Fsp3) is 1.00. The Morgan fingerprint density at radius 2 is 2.08 bits per heavy atom. The van der Waals surface area contributed by atoms with E-state index in [0.717, 1.165) is 0 Å². The summed E-state index contributed by atoms with van der Waals surface area (Å²) in [5, 5.41) is 0. The highest BCUT2D eigenvalue weighted by molar-refractivity contribution is 4.67. The van der Waals surface area contributed by atoms with E-state index >= 15 is 0 Å². The lowest BCUT2D eigenvalue weighted by atomic mass is 10.3. The zero-order valence-electron chi connectivity index (χ0n) is 6.56. The van der Waals surface area contributed by atoms with Gasteiger partial charge in [-0.2, -0.15) is 13.2 Å². The van der Waals surface area contributed by atoms with Gasteiger partial charge in [0.15, 0.2) is 0 Å². The molecule has 12 heavy (non-hydrogen) atoms. The Kier molecular flexibility index (Phi) is 3.34. The van der Waals surface area contributed by atoms with Crippen molar-refractivity contribution < 1.29 is 22.6 Å². The Bertz CT molecular complexity index is 131. The first-order chi connectivity index (χ1) is 5.58. The minimum Gasteiger partial charge on any atom is -0.379 e. The molecule has 1 heterocycles. The number of hydrogen-bond donors (Lipinski definition) is 0. The average molecular weight is 184 g/mol. The molecule has 0 aromatic carbocycles. The van der Waals surface area contributed by atoms with Crippen molar-refractivity contribution in [2.24, 2.45) is 0 Å². The van der Waals surface area contributed by atoms with Crippen LogP contribution in [0.5, 0.6) is 0 Å². The molecular formula is C7H11F3O2. The molecule has 0 saturated carbocycles. The predicted molar refractivity (Wildman–Crippen MR) is 35.8 cm³/mol. The summed E-state index contributed by atoms with van der Waals surface area (Å²) in [7, 11) is 0. The molecule has 1 fully saturated rings. The van der Waals surface area contributed by atoms with Crippen LogP contribution in [0.25, 0.3) is 0 Å². The van der Waals surface area contributed by atoms with Gasteiger partial charge >= 0.3 is 6.18 Å². The second-order valence-electron chi connectivity index (χ2n) is 2.75. The van der Waals surface area contributed by atoms with Crippen molar-refractivity contribution in [2.75, 3.05) is 19.8 Å². The molecule has 0 spiro atoms. The molecule has 1 unspecified atom stereocenters. The van der Waals surface area contributed by atoms with E-state index in [2.05, 4.69) is 0 Å². The van der Waals surface area contributed by atoms with Gasteiger partial charge in [0.05, 0.1) is 13.2 Å². The minimum atomic E-state index is -4.06. The fourth-order valence-electron chi connectivity index (χ4n) is 0.754. The summed E-state index contributed by atoms with van der Waals surface area (Å²) in [5.41, 5.74) is 0. The number of epoxide rings is 1. The first kappa shape index (κ1) is 9.80. The Balaban J connectivity index is 1.82. The normalized spacial score (nSPS) is 22.8. The van der Waals surface area contributed by atoms with Crippen molar-refractivity contribution in [2.45, 2.75) is 25.1 Å². The van der Waals surface area contributed by atoms with E-state index in [9.17, 15) is 13.2 Å². The van der Waals surface area contributed by atoms with Gasteiger partial charge in [-0.3, -0.25) is 0 Å². The van der Waals surface area contributed by atoms with Crippen LogP contribution in [-0.2, 0) is 9.47 Å². The van der Waals surface area contributed by atoms with Crippen LogP contribution in [0.3, 0.4) is 0 Å². The fourth-order valence-corrected chi connectivity index (χ4v) is 0.754. The zero-order valence-corrected chi connectivity index (χ0v) is 6.56. The van der Waals surface area contributed by atoms with E-state index in [-0.39, 0.29) is 19.1 Å². The Hall–Kier alpha value is -0.290. The predicted octanol–water partition coefficient (Wildman–Crippen LogP) is 1.74. The van der Waals surface area contributed by atoms with Gasteiger partial charge in [0, 0.05) is 13.0 Å². The van der Waals surface area contributed by atoms with E-state index in [0.29, 0.717) is 13.2 Å². The molecule has 0 aromatic rings. The van der Waals surface area contributed by atoms with Crippen molar-refractivity contribution in [1.82, 2.24) is 0 Å². The summed E-state index contributed by atoms with van der Waals surface area (Å²) in [6, 6.07) is 0. The van der Waals surface area contributed by atoms with Crippen molar-refractivity contribution >= 4 is 0 Å². The van der Waals surface area contributed by atoms with Gasteiger partial charge in [-0.1, -0.05) is 0 Å². The number of ether oxygens (including phenoxy) is 2. The lowest BCUT2D eigenvalue weighted by Crippen LogP contribution is -2.10. The van der Waals surface area contributed by atoms with Crippen LogP contribution < -0.4 is 0 Å². The van der Waals surface area contributed by atoms with Gasteiger partial charge in [0.25, 0.3) is 0 Å². The van der Waals surface area contributed by atoms with Gasteiger partial charge in [-0.25, -0.2) is 0 Å². The lowest BCUT2D eigenvalue weighted by molar-refractivity contribution is -0.137. The van der Waals surface area contributed by atoms with Gasteiger partial charge in [-0.15, -0.1) is 0 Å². The third-order valence-corrected chi connectivity index (χ3v) is 1.46. The molecule has 0 radical (unpaired) electrons. The molecule has 0 bridgehead atoms. The maximum absolute atomic E-state index is 11.6. The van der Waals surface area contributed by atoms with Crippen molar-refractivity contribution in [1.29, 1.82) is 0 Å². The summed E-state index contributed by atoms with van der Waals surface area (Å²) in [6.45, 7) is 1.27. The first-order valence-corrected chi connectivity index (χ1v) is 3.84. The summed E-state index contributed by atoms with van der Waals surface area (Å²) >= 11 is 0. The van der Waals surface area contributed by atoms with Crippen LogP contribution in [0.2, 0.25) is 0 Å². The molecule has 1 rings (SSSR count). The molecular weight excluding hydrogens is 173 g/mol. The molecule has 0 N–H and O–H groups in total. The van der Waals surface area contributed by atoms with Gasteiger partial charge in [0.2, 0.25) is 0 Å². The third-order valence-electron chi connectivity index (χ3n) is 1.46. The second-order valence-corrected chi connectivity index (χ2v) is 2.75. The monoisotopic (exact) mass is 184 g/mol. The average Bonchev–Trinajstić information content (AvgIpc) is 2.68. The van der Waals surface area contributed by atoms with E-state index in [4.69, 9.17) is 9.47 Å². The number of alkyl halides is 3. The number of hydrogen-bond acceptors (Lipinski definition) is 2. The van der Waals surface area contributed by atoms with Gasteiger partial charge in [-0.05, 0) is 6.42 Å². The molecule has 72 valence electrons. The zero-order chi connectivity index (χ0) is 9.03. The quantitative estimate of drug-likeness (QED) is 0.479. The smallest absolute Gasteiger partial charge is 0.379 e. The maximum atomic E-state index is 11.6. The number of rotatable bonds is 5. The van der Waals surface area contributed by atoms with Crippen molar-refractivity contribution in [3.05, 3.63) is 0 Å². The molecule has 1 atom stereocenters. The molecule has 1 saturated heterocycles. The maximum Gasteiger partial charge on any atom is 0.389 e.